The van der Waals surface area contributed by atoms with Gasteiger partial charge in [0.15, 0.2) is 0 Å². The summed E-state index contributed by atoms with van der Waals surface area (Å²) in [7, 11) is 0. The first-order valence-electron chi connectivity index (χ1n) is 12.1. The maximum atomic E-state index is 12.1. The number of benzene rings is 2. The maximum Gasteiger partial charge on any atom is 0.407 e. The third kappa shape index (κ3) is 8.65. The minimum atomic E-state index is -0.464. The van der Waals surface area contributed by atoms with E-state index < -0.39 is 6.09 Å². The van der Waals surface area contributed by atoms with Crippen LogP contribution in [-0.2, 0) is 19.0 Å². The minimum Gasteiger partial charge on any atom is -0.449 e. The number of hydrogen-bond acceptors (Lipinski definition) is 7. The molecule has 2 aromatic carbocycles. The number of carbonyl (C=O) groups excluding carboxylic acids is 2. The molecule has 0 radical (unpaired) electrons. The minimum absolute atomic E-state index is 0.0351. The van der Waals surface area contributed by atoms with Crippen molar-refractivity contribution in [3.8, 4) is 11.1 Å². The van der Waals surface area contributed by atoms with Crippen molar-refractivity contribution in [2.75, 3.05) is 39.6 Å². The van der Waals surface area contributed by atoms with Crippen LogP contribution in [0.3, 0.4) is 0 Å². The van der Waals surface area contributed by atoms with Gasteiger partial charge in [-0.1, -0.05) is 62.4 Å². The molecule has 3 rings (SSSR count). The van der Waals surface area contributed by atoms with Crippen LogP contribution in [0.5, 0.6) is 0 Å². The monoisotopic (exact) mass is 500 g/mol. The molecule has 0 heterocycles. The maximum absolute atomic E-state index is 12.1. The lowest BCUT2D eigenvalue weighted by Gasteiger charge is -2.14. The molecule has 1 aliphatic rings. The van der Waals surface area contributed by atoms with Crippen LogP contribution in [0.2, 0.25) is 0 Å². The highest BCUT2D eigenvalue weighted by Crippen LogP contribution is 2.44. The molecule has 0 bridgehead atoms. The Bertz CT molecular complexity index is 923. The van der Waals surface area contributed by atoms with E-state index in [2.05, 4.69) is 55.1 Å². The number of alkyl carbamates (subject to hydrolysis) is 1. The largest absolute Gasteiger partial charge is 0.449 e. The summed E-state index contributed by atoms with van der Waals surface area (Å²) in [5.41, 5.74) is 4.76. The van der Waals surface area contributed by atoms with Gasteiger partial charge in [0.1, 0.15) is 13.2 Å². The number of nitrogens with one attached hydrogen (secondary N) is 2. The standard InChI is InChI=1S/C27H36N2O5S/c1-19(2)16-20(3)29-35-26(30)18-33-15-14-32-13-12-28-27(31)34-17-25-23-10-6-4-8-21(23)22-9-5-7-11-24(22)25/h4-11,19-20,25,29H,12-18H2,1-3H3,(H,28,31). The zero-order valence-electron chi connectivity index (χ0n) is 20.8. The molecule has 0 aliphatic heterocycles. The summed E-state index contributed by atoms with van der Waals surface area (Å²) in [6, 6.07) is 16.7. The highest BCUT2D eigenvalue weighted by molar-refractivity contribution is 8.12. The Labute approximate surface area is 212 Å². The van der Waals surface area contributed by atoms with Crippen LogP contribution in [-0.4, -0.2) is 56.8 Å². The summed E-state index contributed by atoms with van der Waals surface area (Å²) in [6.45, 7) is 8.03. The second kappa shape index (κ2) is 14.2. The van der Waals surface area contributed by atoms with E-state index in [-0.39, 0.29) is 30.3 Å². The van der Waals surface area contributed by atoms with Gasteiger partial charge in [-0.25, -0.2) is 4.79 Å². The predicted octanol–water partition coefficient (Wildman–Crippen LogP) is 4.76. The van der Waals surface area contributed by atoms with Gasteiger partial charge < -0.3 is 19.5 Å². The molecule has 35 heavy (non-hydrogen) atoms. The third-order valence-corrected chi connectivity index (χ3v) is 6.52. The Morgan fingerprint density at radius 2 is 1.54 bits per heavy atom. The van der Waals surface area contributed by atoms with Gasteiger partial charge in [0, 0.05) is 18.5 Å². The summed E-state index contributed by atoms with van der Waals surface area (Å²) in [5, 5.41) is 2.65. The van der Waals surface area contributed by atoms with Crippen LogP contribution in [0.1, 0.15) is 44.2 Å². The van der Waals surface area contributed by atoms with Crippen molar-refractivity contribution in [1.82, 2.24) is 10.0 Å². The number of amides is 1. The molecule has 2 aromatic rings. The van der Waals surface area contributed by atoms with Gasteiger partial charge in [0.25, 0.3) is 0 Å². The Morgan fingerprint density at radius 3 is 2.20 bits per heavy atom. The fourth-order valence-corrected chi connectivity index (χ4v) is 4.77. The second-order valence-corrected chi connectivity index (χ2v) is 9.93. The van der Waals surface area contributed by atoms with E-state index in [1.807, 2.05) is 24.3 Å². The van der Waals surface area contributed by atoms with Crippen LogP contribution in [0.4, 0.5) is 4.79 Å². The quantitative estimate of drug-likeness (QED) is 0.286. The molecular formula is C27H36N2O5S. The van der Waals surface area contributed by atoms with E-state index in [0.717, 1.165) is 18.4 Å². The Hall–Kier alpha value is -2.39. The van der Waals surface area contributed by atoms with Crippen molar-refractivity contribution in [3.05, 3.63) is 59.7 Å². The Kier molecular flexibility index (Phi) is 11.1. The molecule has 2 N–H and O–H groups in total. The molecule has 0 aromatic heterocycles. The SMILES string of the molecule is CC(C)CC(C)NSC(=O)COCCOCCNC(=O)OCC1c2ccccc2-c2ccccc21. The van der Waals surface area contributed by atoms with Crippen molar-refractivity contribution >= 4 is 23.2 Å². The smallest absolute Gasteiger partial charge is 0.407 e. The molecule has 0 fully saturated rings. The summed E-state index contributed by atoms with van der Waals surface area (Å²) in [5.74, 6) is 0.622. The molecule has 0 saturated carbocycles. The molecule has 1 aliphatic carbocycles. The summed E-state index contributed by atoms with van der Waals surface area (Å²) < 4.78 is 19.4. The van der Waals surface area contributed by atoms with E-state index in [9.17, 15) is 9.59 Å². The fraction of sp³-hybridized carbons (Fsp3) is 0.481. The summed E-state index contributed by atoms with van der Waals surface area (Å²) >= 11 is 1.09. The van der Waals surface area contributed by atoms with Crippen LogP contribution >= 0.6 is 11.9 Å². The number of hydrogen-bond donors (Lipinski definition) is 2. The number of fused-ring (bicyclic) bond motifs is 3. The van der Waals surface area contributed by atoms with E-state index >= 15 is 0 Å². The second-order valence-electron chi connectivity index (χ2n) is 9.04. The highest BCUT2D eigenvalue weighted by Gasteiger charge is 2.28. The molecule has 0 spiro atoms. The lowest BCUT2D eigenvalue weighted by Crippen LogP contribution is -2.29. The molecule has 0 saturated heterocycles. The average molecular weight is 501 g/mol. The van der Waals surface area contributed by atoms with Gasteiger partial charge in [0.05, 0.1) is 19.8 Å². The zero-order chi connectivity index (χ0) is 25.0. The lowest BCUT2D eigenvalue weighted by molar-refractivity contribution is -0.115. The molecule has 1 amide bonds. The van der Waals surface area contributed by atoms with Gasteiger partial charge in [0.2, 0.25) is 5.12 Å². The van der Waals surface area contributed by atoms with Crippen molar-refractivity contribution < 1.29 is 23.8 Å². The van der Waals surface area contributed by atoms with Crippen LogP contribution < -0.4 is 10.0 Å². The van der Waals surface area contributed by atoms with Gasteiger partial charge in [-0.2, -0.15) is 0 Å². The fourth-order valence-electron chi connectivity index (χ4n) is 4.20. The molecule has 190 valence electrons. The number of ether oxygens (including phenoxy) is 3. The third-order valence-electron chi connectivity index (χ3n) is 5.65. The molecule has 8 heteroatoms. The predicted molar refractivity (Wildman–Crippen MR) is 139 cm³/mol. The summed E-state index contributed by atoms with van der Waals surface area (Å²) in [6.07, 6.45) is 0.549. The van der Waals surface area contributed by atoms with E-state index in [1.165, 1.54) is 22.3 Å². The van der Waals surface area contributed by atoms with E-state index in [4.69, 9.17) is 14.2 Å². The number of rotatable bonds is 14. The summed E-state index contributed by atoms with van der Waals surface area (Å²) in [4.78, 5) is 24.0. The molecule has 7 nitrogen and oxygen atoms in total. The van der Waals surface area contributed by atoms with Gasteiger partial charge >= 0.3 is 6.09 Å². The first-order chi connectivity index (χ1) is 17.0. The topological polar surface area (TPSA) is 85.9 Å². The number of carbonyl (C=O) groups is 2. The van der Waals surface area contributed by atoms with Crippen molar-refractivity contribution in [2.45, 2.75) is 39.2 Å². The normalized spacial score (nSPS) is 13.4. The first kappa shape index (κ1) is 27.2. The molecule has 1 atom stereocenters. The van der Waals surface area contributed by atoms with Crippen LogP contribution in [0.25, 0.3) is 11.1 Å². The Balaban J connectivity index is 1.23. The average Bonchev–Trinajstić information content (AvgIpc) is 3.16. The molecule has 1 unspecified atom stereocenters. The highest BCUT2D eigenvalue weighted by atomic mass is 32.2. The lowest BCUT2D eigenvalue weighted by atomic mass is 9.98. The van der Waals surface area contributed by atoms with Crippen LogP contribution in [0, 0.1) is 5.92 Å². The van der Waals surface area contributed by atoms with Crippen LogP contribution in [0.15, 0.2) is 48.5 Å². The van der Waals surface area contributed by atoms with Gasteiger partial charge in [-0.15, -0.1) is 0 Å². The van der Waals surface area contributed by atoms with E-state index in [1.54, 1.807) is 0 Å². The van der Waals surface area contributed by atoms with Crippen molar-refractivity contribution in [2.24, 2.45) is 5.92 Å². The van der Waals surface area contributed by atoms with Crippen molar-refractivity contribution in [1.29, 1.82) is 0 Å². The zero-order valence-corrected chi connectivity index (χ0v) is 21.6. The first-order valence-corrected chi connectivity index (χ1v) is 13.0. The Morgan fingerprint density at radius 1 is 0.914 bits per heavy atom. The van der Waals surface area contributed by atoms with Crippen molar-refractivity contribution in [3.63, 3.8) is 0 Å². The van der Waals surface area contributed by atoms with Gasteiger partial charge in [-0.3, -0.25) is 9.52 Å². The van der Waals surface area contributed by atoms with E-state index in [0.29, 0.717) is 32.3 Å². The van der Waals surface area contributed by atoms with Gasteiger partial charge in [-0.05, 0) is 53.5 Å². The molecular weight excluding hydrogens is 464 g/mol.